The maximum atomic E-state index is 9.82. The van der Waals surface area contributed by atoms with Crippen LogP contribution in [0, 0.1) is 0 Å². The van der Waals surface area contributed by atoms with Gasteiger partial charge < -0.3 is 5.32 Å². The van der Waals surface area contributed by atoms with Gasteiger partial charge in [-0.2, -0.15) is 0 Å². The van der Waals surface area contributed by atoms with Gasteiger partial charge in [0.05, 0.1) is 0 Å². The normalized spacial score (nSPS) is 11.0. The highest BCUT2D eigenvalue weighted by Crippen LogP contribution is 1.89. The van der Waals surface area contributed by atoms with Crippen LogP contribution in [0.1, 0.15) is 13.3 Å². The second-order valence-electron chi connectivity index (χ2n) is 1.43. The van der Waals surface area contributed by atoms with Gasteiger partial charge in [0.2, 0.25) is 0 Å². The summed E-state index contributed by atoms with van der Waals surface area (Å²) in [6.45, 7) is 1.99. The Labute approximate surface area is 49.6 Å². The fourth-order valence-corrected chi connectivity index (χ4v) is 0.460. The minimum absolute atomic E-state index is 0.787. The molecule has 0 bridgehead atoms. The van der Waals surface area contributed by atoms with Gasteiger partial charge in [0.25, 0.3) is 0 Å². The van der Waals surface area contributed by atoms with Crippen LogP contribution in [0.3, 0.4) is 0 Å². The second-order valence-corrected chi connectivity index (χ2v) is 1.43. The Morgan fingerprint density at radius 1 is 1.75 bits per heavy atom. The van der Waals surface area contributed by atoms with Crippen molar-refractivity contribution >= 4 is 6.29 Å². The van der Waals surface area contributed by atoms with Crippen molar-refractivity contribution in [1.82, 2.24) is 5.32 Å². The van der Waals surface area contributed by atoms with Crippen LogP contribution in [-0.2, 0) is 4.79 Å². The van der Waals surface area contributed by atoms with Crippen LogP contribution in [0.5, 0.6) is 0 Å². The molecule has 0 heterocycles. The van der Waals surface area contributed by atoms with E-state index < -0.39 is 0 Å². The lowest BCUT2D eigenvalue weighted by molar-refractivity contribution is -0.104. The van der Waals surface area contributed by atoms with Gasteiger partial charge >= 0.3 is 0 Å². The number of aldehydes is 1. The molecular weight excluding hydrogens is 102 g/mol. The molecule has 0 fully saturated rings. The summed E-state index contributed by atoms with van der Waals surface area (Å²) in [5, 5.41) is 2.88. The summed E-state index contributed by atoms with van der Waals surface area (Å²) in [7, 11) is 1.80. The predicted molar refractivity (Wildman–Crippen MR) is 33.5 cm³/mol. The third-order valence-corrected chi connectivity index (χ3v) is 0.971. The molecule has 0 saturated heterocycles. The maximum absolute atomic E-state index is 9.82. The van der Waals surface area contributed by atoms with Crippen LogP contribution < -0.4 is 5.32 Å². The zero-order valence-electron chi connectivity index (χ0n) is 5.27. The van der Waals surface area contributed by atoms with Gasteiger partial charge in [-0.1, -0.05) is 6.92 Å². The van der Waals surface area contributed by atoms with Crippen molar-refractivity contribution in [2.45, 2.75) is 13.3 Å². The van der Waals surface area contributed by atoms with E-state index in [1.54, 1.807) is 7.05 Å². The predicted octanol–water partition coefficient (Wildman–Crippen LogP) is 0.699. The summed E-state index contributed by atoms with van der Waals surface area (Å²) < 4.78 is 0. The molecule has 0 unspecified atom stereocenters. The van der Waals surface area contributed by atoms with Gasteiger partial charge in [0.15, 0.2) is 0 Å². The SMILES string of the molecule is CC/C(=C/C=O)NC. The average Bonchev–Trinajstić information content (AvgIpc) is 1.83. The Bertz CT molecular complexity index is 90.7. The third kappa shape index (κ3) is 2.39. The monoisotopic (exact) mass is 113 g/mol. The summed E-state index contributed by atoms with van der Waals surface area (Å²) >= 11 is 0. The van der Waals surface area contributed by atoms with Crippen molar-refractivity contribution in [2.75, 3.05) is 7.05 Å². The fourth-order valence-electron chi connectivity index (χ4n) is 0.460. The molecule has 0 aliphatic carbocycles. The van der Waals surface area contributed by atoms with Gasteiger partial charge in [-0.05, 0) is 12.5 Å². The van der Waals surface area contributed by atoms with Crippen LogP contribution in [-0.4, -0.2) is 13.3 Å². The number of nitrogens with one attached hydrogen (secondary N) is 1. The van der Waals surface area contributed by atoms with E-state index in [4.69, 9.17) is 0 Å². The molecule has 0 saturated carbocycles. The maximum Gasteiger partial charge on any atom is 0.144 e. The van der Waals surface area contributed by atoms with Gasteiger partial charge in [-0.3, -0.25) is 4.79 Å². The molecule has 0 rings (SSSR count). The lowest BCUT2D eigenvalue weighted by Crippen LogP contribution is -2.04. The molecule has 1 N–H and O–H groups in total. The lowest BCUT2D eigenvalue weighted by atomic mass is 10.3. The molecule has 2 heteroatoms. The fraction of sp³-hybridized carbons (Fsp3) is 0.500. The summed E-state index contributed by atoms with van der Waals surface area (Å²) in [6, 6.07) is 0. The molecule has 0 spiro atoms. The van der Waals surface area contributed by atoms with Gasteiger partial charge in [-0.15, -0.1) is 0 Å². The first-order valence-corrected chi connectivity index (χ1v) is 2.67. The van der Waals surface area contributed by atoms with Gasteiger partial charge in [0.1, 0.15) is 6.29 Å². The van der Waals surface area contributed by atoms with Crippen molar-refractivity contribution in [1.29, 1.82) is 0 Å². The van der Waals surface area contributed by atoms with E-state index in [0.717, 1.165) is 18.4 Å². The molecule has 0 aromatic carbocycles. The zero-order valence-corrected chi connectivity index (χ0v) is 5.27. The van der Waals surface area contributed by atoms with Crippen LogP contribution in [0.25, 0.3) is 0 Å². The standard InChI is InChI=1S/C6H11NO/c1-3-6(7-2)4-5-8/h4-5,7H,3H2,1-2H3/b6-4-. The highest BCUT2D eigenvalue weighted by Gasteiger charge is 1.83. The number of hydrogen-bond acceptors (Lipinski definition) is 2. The molecule has 0 aliphatic rings. The third-order valence-electron chi connectivity index (χ3n) is 0.971. The molecule has 8 heavy (non-hydrogen) atoms. The molecule has 0 aliphatic heterocycles. The molecule has 0 aromatic rings. The quantitative estimate of drug-likeness (QED) is 0.431. The van der Waals surface area contributed by atoms with Crippen molar-refractivity contribution in [3.8, 4) is 0 Å². The molecular formula is C6H11NO. The first-order valence-electron chi connectivity index (χ1n) is 2.67. The van der Waals surface area contributed by atoms with Crippen LogP contribution in [0.2, 0.25) is 0 Å². The number of carbonyl (C=O) groups excluding carboxylic acids is 1. The van der Waals surface area contributed by atoms with Gasteiger partial charge in [-0.25, -0.2) is 0 Å². The molecule has 46 valence electrons. The van der Waals surface area contributed by atoms with Crippen molar-refractivity contribution in [2.24, 2.45) is 0 Å². The second kappa shape index (κ2) is 4.37. The van der Waals surface area contributed by atoms with Gasteiger partial charge in [0, 0.05) is 12.7 Å². The Balaban J connectivity index is 3.66. The van der Waals surface area contributed by atoms with E-state index in [1.165, 1.54) is 6.08 Å². The topological polar surface area (TPSA) is 29.1 Å². The Morgan fingerprint density at radius 3 is 2.50 bits per heavy atom. The van der Waals surface area contributed by atoms with Crippen molar-refractivity contribution in [3.63, 3.8) is 0 Å². The van der Waals surface area contributed by atoms with E-state index in [-0.39, 0.29) is 0 Å². The zero-order chi connectivity index (χ0) is 6.41. The van der Waals surface area contributed by atoms with Crippen LogP contribution in [0.4, 0.5) is 0 Å². The van der Waals surface area contributed by atoms with Crippen LogP contribution in [0.15, 0.2) is 11.8 Å². The molecule has 0 amide bonds. The molecule has 0 radical (unpaired) electrons. The average molecular weight is 113 g/mol. The number of rotatable bonds is 3. The molecule has 0 aromatic heterocycles. The highest BCUT2D eigenvalue weighted by molar-refractivity contribution is 5.65. The largest absolute Gasteiger partial charge is 0.391 e. The van der Waals surface area contributed by atoms with Crippen LogP contribution >= 0.6 is 0 Å². The summed E-state index contributed by atoms with van der Waals surface area (Å²) in [5.74, 6) is 0. The number of hydrogen-bond donors (Lipinski definition) is 1. The van der Waals surface area contributed by atoms with Crippen molar-refractivity contribution in [3.05, 3.63) is 11.8 Å². The molecule has 0 atom stereocenters. The summed E-state index contributed by atoms with van der Waals surface area (Å²) in [6.07, 6.45) is 3.20. The molecule has 2 nitrogen and oxygen atoms in total. The Morgan fingerprint density at radius 2 is 2.38 bits per heavy atom. The number of allylic oxidation sites excluding steroid dienone is 2. The smallest absolute Gasteiger partial charge is 0.144 e. The minimum atomic E-state index is 0.787. The van der Waals surface area contributed by atoms with E-state index in [2.05, 4.69) is 5.32 Å². The van der Waals surface area contributed by atoms with E-state index >= 15 is 0 Å². The van der Waals surface area contributed by atoms with E-state index in [1.807, 2.05) is 6.92 Å². The van der Waals surface area contributed by atoms with E-state index in [9.17, 15) is 4.79 Å². The number of carbonyl (C=O) groups is 1. The summed E-state index contributed by atoms with van der Waals surface area (Å²) in [4.78, 5) is 9.82. The minimum Gasteiger partial charge on any atom is -0.391 e. The first-order chi connectivity index (χ1) is 3.85. The van der Waals surface area contributed by atoms with E-state index in [0.29, 0.717) is 0 Å². The first kappa shape index (κ1) is 7.21. The summed E-state index contributed by atoms with van der Waals surface area (Å²) in [5.41, 5.74) is 0.972. The van der Waals surface area contributed by atoms with Crippen molar-refractivity contribution < 1.29 is 4.79 Å². The highest BCUT2D eigenvalue weighted by atomic mass is 16.1. The Hall–Kier alpha value is -0.790. The lowest BCUT2D eigenvalue weighted by Gasteiger charge is -1.97. The Kier molecular flexibility index (Phi) is 3.94.